The monoisotopic (exact) mass is 467 g/mol. The van der Waals surface area contributed by atoms with Crippen molar-refractivity contribution >= 4 is 29.9 Å². The SMILES string of the molecule is CCN(CC)C1CCN(C(=NC)NCCCN(C(C)C)C(C)C)C1.I. The van der Waals surface area contributed by atoms with Crippen molar-refractivity contribution in [2.45, 2.75) is 72.5 Å². The largest absolute Gasteiger partial charge is 0.356 e. The number of hydrogen-bond acceptors (Lipinski definition) is 3. The molecule has 0 spiro atoms. The molecule has 1 unspecified atom stereocenters. The zero-order chi connectivity index (χ0) is 18.1. The van der Waals surface area contributed by atoms with Gasteiger partial charge in [0.05, 0.1) is 0 Å². The van der Waals surface area contributed by atoms with Crippen molar-refractivity contribution in [1.82, 2.24) is 20.0 Å². The molecule has 1 rings (SSSR count). The minimum Gasteiger partial charge on any atom is -0.356 e. The number of nitrogens with zero attached hydrogens (tertiary/aromatic N) is 4. The molecule has 0 aromatic rings. The van der Waals surface area contributed by atoms with Gasteiger partial charge in [-0.1, -0.05) is 13.8 Å². The molecule has 0 aliphatic carbocycles. The zero-order valence-electron chi connectivity index (χ0n) is 17.6. The van der Waals surface area contributed by atoms with Gasteiger partial charge in [0.1, 0.15) is 0 Å². The molecule has 5 nitrogen and oxygen atoms in total. The van der Waals surface area contributed by atoms with E-state index < -0.39 is 0 Å². The number of aliphatic imine (C=N–C) groups is 1. The fourth-order valence-electron chi connectivity index (χ4n) is 3.88. The molecule has 1 fully saturated rings. The Morgan fingerprint density at radius 2 is 1.76 bits per heavy atom. The predicted octanol–water partition coefficient (Wildman–Crippen LogP) is 3.10. The van der Waals surface area contributed by atoms with Gasteiger partial charge in [-0.3, -0.25) is 14.8 Å². The van der Waals surface area contributed by atoms with Gasteiger partial charge in [0.15, 0.2) is 5.96 Å². The van der Waals surface area contributed by atoms with E-state index in [-0.39, 0.29) is 24.0 Å². The first kappa shape index (κ1) is 24.9. The van der Waals surface area contributed by atoms with E-state index in [0.29, 0.717) is 18.1 Å². The topological polar surface area (TPSA) is 34.1 Å². The van der Waals surface area contributed by atoms with Crippen LogP contribution >= 0.6 is 24.0 Å². The third-order valence-corrected chi connectivity index (χ3v) is 5.21. The molecule has 6 heteroatoms. The van der Waals surface area contributed by atoms with Crippen molar-refractivity contribution in [2.75, 3.05) is 46.3 Å². The summed E-state index contributed by atoms with van der Waals surface area (Å²) in [5.41, 5.74) is 0. The number of hydrogen-bond donors (Lipinski definition) is 1. The number of nitrogens with one attached hydrogen (secondary N) is 1. The van der Waals surface area contributed by atoms with Crippen LogP contribution in [0.15, 0.2) is 4.99 Å². The van der Waals surface area contributed by atoms with E-state index in [1.165, 1.54) is 6.42 Å². The summed E-state index contributed by atoms with van der Waals surface area (Å²) in [5, 5.41) is 3.57. The highest BCUT2D eigenvalue weighted by Crippen LogP contribution is 2.15. The first-order chi connectivity index (χ1) is 11.4. The standard InChI is InChI=1S/C19H41N5.HI/c1-8-22(9-2)18-11-14-23(15-18)19(20-7)21-12-10-13-24(16(3)4)17(5)6;/h16-18H,8-15H2,1-7H3,(H,20,21);1H. The van der Waals surface area contributed by atoms with Crippen LogP contribution in [-0.2, 0) is 0 Å². The van der Waals surface area contributed by atoms with Gasteiger partial charge >= 0.3 is 0 Å². The highest BCUT2D eigenvalue weighted by Gasteiger charge is 2.27. The van der Waals surface area contributed by atoms with Crippen LogP contribution in [-0.4, -0.2) is 85.1 Å². The fraction of sp³-hybridized carbons (Fsp3) is 0.947. The van der Waals surface area contributed by atoms with Gasteiger partial charge in [-0.15, -0.1) is 24.0 Å². The minimum absolute atomic E-state index is 0. The van der Waals surface area contributed by atoms with Crippen LogP contribution in [0.3, 0.4) is 0 Å². The molecule has 0 saturated carbocycles. The number of likely N-dealkylation sites (tertiary alicyclic amines) is 1. The summed E-state index contributed by atoms with van der Waals surface area (Å²) < 4.78 is 0. The maximum atomic E-state index is 4.50. The zero-order valence-corrected chi connectivity index (χ0v) is 19.9. The Bertz CT molecular complexity index is 361. The molecule has 1 saturated heterocycles. The normalized spacial score (nSPS) is 18.6. The third-order valence-electron chi connectivity index (χ3n) is 5.21. The van der Waals surface area contributed by atoms with Crippen molar-refractivity contribution < 1.29 is 0 Å². The first-order valence-corrected chi connectivity index (χ1v) is 9.89. The molecule has 0 amide bonds. The van der Waals surface area contributed by atoms with Gasteiger partial charge in [-0.2, -0.15) is 0 Å². The van der Waals surface area contributed by atoms with E-state index in [4.69, 9.17) is 0 Å². The van der Waals surface area contributed by atoms with E-state index in [1.807, 2.05) is 7.05 Å². The molecule has 0 aromatic carbocycles. The maximum absolute atomic E-state index is 4.50. The summed E-state index contributed by atoms with van der Waals surface area (Å²) in [6, 6.07) is 1.89. The van der Waals surface area contributed by atoms with Gasteiger partial charge < -0.3 is 10.2 Å². The van der Waals surface area contributed by atoms with Crippen LogP contribution < -0.4 is 5.32 Å². The summed E-state index contributed by atoms with van der Waals surface area (Å²) in [6.07, 6.45) is 2.40. The van der Waals surface area contributed by atoms with Gasteiger partial charge in [-0.05, 0) is 53.6 Å². The summed E-state index contributed by atoms with van der Waals surface area (Å²) in [7, 11) is 1.90. The fourth-order valence-corrected chi connectivity index (χ4v) is 3.88. The second-order valence-corrected chi connectivity index (χ2v) is 7.36. The van der Waals surface area contributed by atoms with Gasteiger partial charge in [0, 0.05) is 51.4 Å². The van der Waals surface area contributed by atoms with Gasteiger partial charge in [0.25, 0.3) is 0 Å². The molecule has 1 N–H and O–H groups in total. The smallest absolute Gasteiger partial charge is 0.193 e. The Morgan fingerprint density at radius 3 is 2.24 bits per heavy atom. The molecule has 25 heavy (non-hydrogen) atoms. The van der Waals surface area contributed by atoms with Crippen LogP contribution in [0, 0.1) is 0 Å². The molecule has 150 valence electrons. The molecule has 1 aliphatic rings. The van der Waals surface area contributed by atoms with E-state index in [0.717, 1.165) is 51.6 Å². The van der Waals surface area contributed by atoms with Crippen LogP contribution in [0.2, 0.25) is 0 Å². The second-order valence-electron chi connectivity index (χ2n) is 7.36. The van der Waals surface area contributed by atoms with Crippen molar-refractivity contribution in [3.05, 3.63) is 0 Å². The Labute approximate surface area is 173 Å². The Kier molecular flexibility index (Phi) is 13.1. The lowest BCUT2D eigenvalue weighted by atomic mass is 10.2. The molecule has 0 radical (unpaired) electrons. The lowest BCUT2D eigenvalue weighted by molar-refractivity contribution is 0.173. The van der Waals surface area contributed by atoms with Crippen LogP contribution in [0.1, 0.15) is 54.4 Å². The number of halogens is 1. The highest BCUT2D eigenvalue weighted by atomic mass is 127. The van der Waals surface area contributed by atoms with Crippen molar-refractivity contribution in [1.29, 1.82) is 0 Å². The first-order valence-electron chi connectivity index (χ1n) is 9.89. The van der Waals surface area contributed by atoms with Crippen molar-refractivity contribution in [3.63, 3.8) is 0 Å². The molecule has 0 bridgehead atoms. The number of guanidine groups is 1. The van der Waals surface area contributed by atoms with E-state index in [9.17, 15) is 0 Å². The molecule has 1 atom stereocenters. The summed E-state index contributed by atoms with van der Waals surface area (Å²) >= 11 is 0. The van der Waals surface area contributed by atoms with E-state index in [1.54, 1.807) is 0 Å². The van der Waals surface area contributed by atoms with Crippen LogP contribution in [0.4, 0.5) is 0 Å². The van der Waals surface area contributed by atoms with Crippen molar-refractivity contribution in [3.8, 4) is 0 Å². The lowest BCUT2D eigenvalue weighted by Crippen LogP contribution is -2.44. The summed E-state index contributed by atoms with van der Waals surface area (Å²) in [4.78, 5) is 12.0. The van der Waals surface area contributed by atoms with E-state index >= 15 is 0 Å². The quantitative estimate of drug-likeness (QED) is 0.245. The molecule has 1 heterocycles. The minimum atomic E-state index is 0. The predicted molar refractivity (Wildman–Crippen MR) is 121 cm³/mol. The maximum Gasteiger partial charge on any atom is 0.193 e. The second kappa shape index (κ2) is 13.1. The van der Waals surface area contributed by atoms with Gasteiger partial charge in [0.2, 0.25) is 0 Å². The number of likely N-dealkylation sites (N-methyl/N-ethyl adjacent to an activating group) is 1. The third kappa shape index (κ3) is 7.99. The molecule has 1 aliphatic heterocycles. The number of rotatable bonds is 9. The van der Waals surface area contributed by atoms with Crippen LogP contribution in [0.25, 0.3) is 0 Å². The van der Waals surface area contributed by atoms with Crippen LogP contribution in [0.5, 0.6) is 0 Å². The average molecular weight is 467 g/mol. The Hall–Kier alpha value is -0.0800. The molecular formula is C19H42IN5. The van der Waals surface area contributed by atoms with Crippen molar-refractivity contribution in [2.24, 2.45) is 4.99 Å². The molecule has 0 aromatic heterocycles. The lowest BCUT2D eigenvalue weighted by Gasteiger charge is -2.31. The van der Waals surface area contributed by atoms with E-state index in [2.05, 4.69) is 66.6 Å². The average Bonchev–Trinajstić information content (AvgIpc) is 3.01. The Morgan fingerprint density at radius 1 is 1.16 bits per heavy atom. The highest BCUT2D eigenvalue weighted by molar-refractivity contribution is 14.0. The van der Waals surface area contributed by atoms with Gasteiger partial charge in [-0.25, -0.2) is 0 Å². The molecular weight excluding hydrogens is 425 g/mol. The Balaban J connectivity index is 0.00000576. The summed E-state index contributed by atoms with van der Waals surface area (Å²) in [5.74, 6) is 1.07. The summed E-state index contributed by atoms with van der Waals surface area (Å²) in [6.45, 7) is 20.3.